The summed E-state index contributed by atoms with van der Waals surface area (Å²) in [5.74, 6) is -0.561. The highest BCUT2D eigenvalue weighted by molar-refractivity contribution is 5.97. The molecule has 0 radical (unpaired) electrons. The molecule has 2 rings (SSSR count). The maximum absolute atomic E-state index is 11.9. The summed E-state index contributed by atoms with van der Waals surface area (Å²) >= 11 is 0. The molecule has 0 heterocycles. The molecule has 0 aliphatic heterocycles. The molecule has 2 aromatic carbocycles. The lowest BCUT2D eigenvalue weighted by molar-refractivity contribution is -0.157. The van der Waals surface area contributed by atoms with E-state index < -0.39 is 17.5 Å². The van der Waals surface area contributed by atoms with Gasteiger partial charge in [0.15, 0.2) is 6.61 Å². The molecule has 7 heteroatoms. The van der Waals surface area contributed by atoms with Crippen molar-refractivity contribution in [3.8, 4) is 11.5 Å². The Morgan fingerprint density at radius 2 is 1.78 bits per heavy atom. The zero-order valence-electron chi connectivity index (χ0n) is 15.4. The Labute approximate surface area is 157 Å². The summed E-state index contributed by atoms with van der Waals surface area (Å²) in [6.45, 7) is 5.19. The van der Waals surface area contributed by atoms with Gasteiger partial charge in [-0.15, -0.1) is 0 Å². The van der Waals surface area contributed by atoms with Crippen molar-refractivity contribution in [1.82, 2.24) is 5.43 Å². The topological polar surface area (TPSA) is 97.2 Å². The van der Waals surface area contributed by atoms with Gasteiger partial charge >= 0.3 is 5.97 Å². The summed E-state index contributed by atoms with van der Waals surface area (Å²) < 4.78 is 10.5. The van der Waals surface area contributed by atoms with Crippen LogP contribution in [0.15, 0.2) is 53.6 Å². The second-order valence-corrected chi connectivity index (χ2v) is 6.66. The van der Waals surface area contributed by atoms with Gasteiger partial charge < -0.3 is 14.6 Å². The maximum atomic E-state index is 11.9. The van der Waals surface area contributed by atoms with Gasteiger partial charge in [0, 0.05) is 0 Å². The van der Waals surface area contributed by atoms with Crippen LogP contribution in [0.1, 0.15) is 36.7 Å². The van der Waals surface area contributed by atoms with Gasteiger partial charge in [0.25, 0.3) is 5.91 Å². The number of aromatic hydroxyl groups is 1. The quantitative estimate of drug-likeness (QED) is 0.463. The molecule has 0 unspecified atom stereocenters. The van der Waals surface area contributed by atoms with E-state index in [1.54, 1.807) is 57.2 Å². The summed E-state index contributed by atoms with van der Waals surface area (Å²) in [5, 5.41) is 13.5. The molecule has 0 spiro atoms. The normalized spacial score (nSPS) is 11.2. The van der Waals surface area contributed by atoms with E-state index in [2.05, 4.69) is 10.5 Å². The van der Waals surface area contributed by atoms with E-state index in [9.17, 15) is 14.7 Å². The van der Waals surface area contributed by atoms with Gasteiger partial charge in [-0.25, -0.2) is 10.2 Å². The Balaban J connectivity index is 1.85. The molecule has 0 bridgehead atoms. The lowest BCUT2D eigenvalue weighted by Gasteiger charge is -2.19. The summed E-state index contributed by atoms with van der Waals surface area (Å²) in [6.07, 6.45) is 1.45. The first-order valence-corrected chi connectivity index (χ1v) is 8.31. The Bertz CT molecular complexity index is 823. The number of amides is 1. The summed E-state index contributed by atoms with van der Waals surface area (Å²) in [5.41, 5.74) is 2.65. The number of para-hydroxylation sites is 1. The minimum absolute atomic E-state index is 0.114. The fourth-order valence-corrected chi connectivity index (χ4v) is 2.05. The van der Waals surface area contributed by atoms with Gasteiger partial charge in [0.1, 0.15) is 17.1 Å². The second kappa shape index (κ2) is 8.84. The number of nitrogens with zero attached hydrogens (tertiary/aromatic N) is 1. The highest BCUT2D eigenvalue weighted by Gasteiger charge is 2.16. The molecular weight excluding hydrogens is 348 g/mol. The first kappa shape index (κ1) is 20.0. The molecule has 0 aliphatic rings. The second-order valence-electron chi connectivity index (χ2n) is 6.66. The molecule has 0 fully saturated rings. The fraction of sp³-hybridized carbons (Fsp3) is 0.250. The number of ether oxygens (including phenoxy) is 2. The molecule has 0 saturated heterocycles. The van der Waals surface area contributed by atoms with Crippen LogP contribution in [0.5, 0.6) is 11.5 Å². The smallest absolute Gasteiger partial charge is 0.344 e. The Morgan fingerprint density at radius 3 is 2.41 bits per heavy atom. The van der Waals surface area contributed by atoms with E-state index in [0.717, 1.165) is 5.56 Å². The zero-order chi connectivity index (χ0) is 19.9. The third-order valence-electron chi connectivity index (χ3n) is 3.19. The van der Waals surface area contributed by atoms with E-state index in [0.29, 0.717) is 5.75 Å². The standard InChI is InChI=1S/C20H22N2O5/c1-20(2,3)27-18(24)13-26-15-10-8-14(9-11-15)12-21-22-19(25)16-6-4-5-7-17(16)23/h4-12,23H,13H2,1-3H3,(H,22,25)/b21-12+. The number of carbonyl (C=O) groups excluding carboxylic acids is 2. The van der Waals surface area contributed by atoms with E-state index >= 15 is 0 Å². The minimum Gasteiger partial charge on any atom is -0.507 e. The third-order valence-corrected chi connectivity index (χ3v) is 3.19. The van der Waals surface area contributed by atoms with Crippen LogP contribution in [-0.4, -0.2) is 35.4 Å². The number of esters is 1. The van der Waals surface area contributed by atoms with Gasteiger partial charge in [-0.1, -0.05) is 12.1 Å². The number of benzene rings is 2. The lowest BCUT2D eigenvalue weighted by Crippen LogP contribution is -2.27. The van der Waals surface area contributed by atoms with Crippen molar-refractivity contribution >= 4 is 18.1 Å². The van der Waals surface area contributed by atoms with Crippen molar-refractivity contribution in [2.24, 2.45) is 5.10 Å². The predicted octanol–water partition coefficient (Wildman–Crippen LogP) is 2.88. The molecule has 0 atom stereocenters. The average Bonchev–Trinajstić information content (AvgIpc) is 2.60. The summed E-state index contributed by atoms with van der Waals surface area (Å²) in [7, 11) is 0. The molecule has 1 amide bonds. The highest BCUT2D eigenvalue weighted by Crippen LogP contribution is 2.15. The molecule has 2 aromatic rings. The highest BCUT2D eigenvalue weighted by atomic mass is 16.6. The molecule has 0 aliphatic carbocycles. The lowest BCUT2D eigenvalue weighted by atomic mass is 10.2. The third kappa shape index (κ3) is 6.81. The summed E-state index contributed by atoms with van der Waals surface area (Å²) in [6, 6.07) is 13.0. The molecule has 27 heavy (non-hydrogen) atoms. The molecule has 0 saturated carbocycles. The first-order valence-electron chi connectivity index (χ1n) is 8.31. The van der Waals surface area contributed by atoms with Gasteiger partial charge in [-0.2, -0.15) is 5.10 Å². The van der Waals surface area contributed by atoms with Crippen molar-refractivity contribution in [1.29, 1.82) is 0 Å². The van der Waals surface area contributed by atoms with Crippen molar-refractivity contribution in [2.75, 3.05) is 6.61 Å². The van der Waals surface area contributed by atoms with Crippen molar-refractivity contribution in [3.63, 3.8) is 0 Å². The average molecular weight is 370 g/mol. The monoisotopic (exact) mass is 370 g/mol. The maximum Gasteiger partial charge on any atom is 0.344 e. The van der Waals surface area contributed by atoms with Crippen LogP contribution < -0.4 is 10.2 Å². The number of phenols is 1. The van der Waals surface area contributed by atoms with E-state index in [-0.39, 0.29) is 17.9 Å². The minimum atomic E-state index is -0.554. The number of hydrogen-bond donors (Lipinski definition) is 2. The number of hydrogen-bond acceptors (Lipinski definition) is 6. The van der Waals surface area contributed by atoms with Gasteiger partial charge in [0.05, 0.1) is 11.8 Å². The molecule has 0 aromatic heterocycles. The zero-order valence-corrected chi connectivity index (χ0v) is 15.4. The summed E-state index contributed by atoms with van der Waals surface area (Å²) in [4.78, 5) is 23.5. The van der Waals surface area contributed by atoms with Crippen LogP contribution in [0.25, 0.3) is 0 Å². The largest absolute Gasteiger partial charge is 0.507 e. The van der Waals surface area contributed by atoms with Gasteiger partial charge in [-0.05, 0) is 62.7 Å². The Morgan fingerprint density at radius 1 is 1.11 bits per heavy atom. The van der Waals surface area contributed by atoms with Crippen molar-refractivity contribution in [3.05, 3.63) is 59.7 Å². The van der Waals surface area contributed by atoms with Crippen LogP contribution in [0, 0.1) is 0 Å². The molecule has 7 nitrogen and oxygen atoms in total. The van der Waals surface area contributed by atoms with Crippen LogP contribution in [0.3, 0.4) is 0 Å². The van der Waals surface area contributed by atoms with Gasteiger partial charge in [-0.3, -0.25) is 4.79 Å². The van der Waals surface area contributed by atoms with Crippen LogP contribution >= 0.6 is 0 Å². The Kier molecular flexibility index (Phi) is 6.54. The Hall–Kier alpha value is -3.35. The molecular formula is C20H22N2O5. The number of nitrogens with one attached hydrogen (secondary N) is 1. The number of phenolic OH excluding ortho intramolecular Hbond substituents is 1. The predicted molar refractivity (Wildman–Crippen MR) is 101 cm³/mol. The molecule has 2 N–H and O–H groups in total. The van der Waals surface area contributed by atoms with E-state index in [1.807, 2.05) is 0 Å². The van der Waals surface area contributed by atoms with Crippen LogP contribution in [0.4, 0.5) is 0 Å². The van der Waals surface area contributed by atoms with Crippen molar-refractivity contribution in [2.45, 2.75) is 26.4 Å². The van der Waals surface area contributed by atoms with E-state index in [4.69, 9.17) is 9.47 Å². The van der Waals surface area contributed by atoms with E-state index in [1.165, 1.54) is 18.3 Å². The molecule has 142 valence electrons. The van der Waals surface area contributed by atoms with Gasteiger partial charge in [0.2, 0.25) is 0 Å². The number of rotatable bonds is 6. The van der Waals surface area contributed by atoms with Crippen molar-refractivity contribution < 1.29 is 24.2 Å². The van der Waals surface area contributed by atoms with Crippen LogP contribution in [0.2, 0.25) is 0 Å². The van der Waals surface area contributed by atoms with Crippen LogP contribution in [-0.2, 0) is 9.53 Å². The number of hydrazone groups is 1. The SMILES string of the molecule is CC(C)(C)OC(=O)COc1ccc(/C=N/NC(=O)c2ccccc2O)cc1. The first-order chi connectivity index (χ1) is 12.7. The fourth-order valence-electron chi connectivity index (χ4n) is 2.05. The number of carbonyl (C=O) groups is 2.